The second kappa shape index (κ2) is 6.16. The number of benzene rings is 1. The molecule has 2 amide bonds. The Morgan fingerprint density at radius 1 is 1.43 bits per heavy atom. The fraction of sp³-hybridized carbons (Fsp3) is 0.235. The fourth-order valence-corrected chi connectivity index (χ4v) is 2.77. The molecule has 0 bridgehead atoms. The van der Waals surface area contributed by atoms with E-state index in [1.807, 2.05) is 6.07 Å². The van der Waals surface area contributed by atoms with Crippen LogP contribution in [0.3, 0.4) is 0 Å². The van der Waals surface area contributed by atoms with Crippen molar-refractivity contribution in [2.75, 3.05) is 12.4 Å². The maximum absolute atomic E-state index is 13.3. The highest BCUT2D eigenvalue weighted by Crippen LogP contribution is 2.34. The molecular weight excluding hydrogens is 297 g/mol. The van der Waals surface area contributed by atoms with E-state index in [-0.39, 0.29) is 18.2 Å². The number of hydrogen-bond donors (Lipinski definition) is 1. The molecule has 1 aromatic carbocycles. The van der Waals surface area contributed by atoms with Crippen LogP contribution in [0, 0.1) is 5.82 Å². The first-order valence-corrected chi connectivity index (χ1v) is 7.28. The van der Waals surface area contributed by atoms with Crippen molar-refractivity contribution in [3.63, 3.8) is 0 Å². The highest BCUT2D eigenvalue weighted by molar-refractivity contribution is 6.01. The summed E-state index contributed by atoms with van der Waals surface area (Å²) in [7, 11) is 1.69. The molecule has 118 valence electrons. The second-order valence-electron chi connectivity index (χ2n) is 5.59. The highest BCUT2D eigenvalue weighted by Gasteiger charge is 2.32. The quantitative estimate of drug-likeness (QED) is 0.946. The van der Waals surface area contributed by atoms with Gasteiger partial charge in [-0.3, -0.25) is 14.6 Å². The van der Waals surface area contributed by atoms with Crippen LogP contribution < -0.4 is 5.32 Å². The molecule has 0 spiro atoms. The summed E-state index contributed by atoms with van der Waals surface area (Å²) >= 11 is 0. The van der Waals surface area contributed by atoms with Crippen LogP contribution in [0.25, 0.3) is 0 Å². The van der Waals surface area contributed by atoms with Gasteiger partial charge in [-0.1, -0.05) is 12.1 Å². The zero-order valence-electron chi connectivity index (χ0n) is 12.6. The van der Waals surface area contributed by atoms with Gasteiger partial charge < -0.3 is 10.2 Å². The van der Waals surface area contributed by atoms with E-state index in [1.165, 1.54) is 12.1 Å². The van der Waals surface area contributed by atoms with Crippen molar-refractivity contribution in [3.05, 3.63) is 59.7 Å². The number of rotatable bonds is 3. The number of fused-ring (bicyclic) bond motifs is 1. The largest absolute Gasteiger partial charge is 0.341 e. The second-order valence-corrected chi connectivity index (χ2v) is 5.59. The minimum Gasteiger partial charge on any atom is -0.341 e. The summed E-state index contributed by atoms with van der Waals surface area (Å²) in [6.07, 6.45) is 3.43. The maximum Gasteiger partial charge on any atom is 0.230 e. The Morgan fingerprint density at radius 3 is 3.00 bits per heavy atom. The maximum atomic E-state index is 13.3. The summed E-state index contributed by atoms with van der Waals surface area (Å²) in [6, 6.07) is 7.80. The average Bonchev–Trinajstić information content (AvgIpc) is 2.53. The number of likely N-dealkylation sites (N-methyl/N-ethyl adjacent to an activating group) is 1. The van der Waals surface area contributed by atoms with Crippen LogP contribution in [0.15, 0.2) is 42.7 Å². The molecule has 0 radical (unpaired) electrons. The number of pyridine rings is 1. The number of carbonyl (C=O) groups is 2. The Balaban J connectivity index is 1.83. The molecule has 0 saturated heterocycles. The lowest BCUT2D eigenvalue weighted by Gasteiger charge is -2.28. The monoisotopic (exact) mass is 313 g/mol. The van der Waals surface area contributed by atoms with Crippen LogP contribution in [0.4, 0.5) is 10.1 Å². The zero-order chi connectivity index (χ0) is 16.4. The van der Waals surface area contributed by atoms with Crippen molar-refractivity contribution in [1.82, 2.24) is 9.88 Å². The Morgan fingerprint density at radius 2 is 2.26 bits per heavy atom. The van der Waals surface area contributed by atoms with Gasteiger partial charge in [0.1, 0.15) is 5.82 Å². The SMILES string of the molecule is CN(Cc1cccnc1)C(=O)C1CC(=O)Nc2cc(F)ccc21. The van der Waals surface area contributed by atoms with Gasteiger partial charge in [0.25, 0.3) is 0 Å². The molecule has 0 saturated carbocycles. The molecule has 23 heavy (non-hydrogen) atoms. The molecule has 1 aliphatic heterocycles. The number of aromatic nitrogens is 1. The third-order valence-corrected chi connectivity index (χ3v) is 3.87. The van der Waals surface area contributed by atoms with Crippen molar-refractivity contribution in [1.29, 1.82) is 0 Å². The number of nitrogens with one attached hydrogen (secondary N) is 1. The molecule has 2 aromatic rings. The molecule has 1 unspecified atom stereocenters. The number of halogens is 1. The summed E-state index contributed by atoms with van der Waals surface area (Å²) in [5, 5.41) is 2.61. The lowest BCUT2D eigenvalue weighted by molar-refractivity contribution is -0.134. The van der Waals surface area contributed by atoms with Crippen LogP contribution >= 0.6 is 0 Å². The van der Waals surface area contributed by atoms with Crippen molar-refractivity contribution in [2.24, 2.45) is 0 Å². The smallest absolute Gasteiger partial charge is 0.230 e. The van der Waals surface area contributed by atoms with Crippen LogP contribution in [-0.4, -0.2) is 28.7 Å². The Bertz CT molecular complexity index is 749. The molecule has 1 N–H and O–H groups in total. The Labute approximate surface area is 133 Å². The molecular formula is C17H16FN3O2. The van der Waals surface area contributed by atoms with Crippen LogP contribution in [0.1, 0.15) is 23.5 Å². The third-order valence-electron chi connectivity index (χ3n) is 3.87. The van der Waals surface area contributed by atoms with E-state index < -0.39 is 11.7 Å². The predicted molar refractivity (Wildman–Crippen MR) is 83.1 cm³/mol. The first-order chi connectivity index (χ1) is 11.0. The van der Waals surface area contributed by atoms with Gasteiger partial charge in [0, 0.05) is 38.1 Å². The van der Waals surface area contributed by atoms with Crippen molar-refractivity contribution >= 4 is 17.5 Å². The Kier molecular flexibility index (Phi) is 4.06. The number of hydrogen-bond acceptors (Lipinski definition) is 3. The summed E-state index contributed by atoms with van der Waals surface area (Å²) in [5.74, 6) is -1.49. The topological polar surface area (TPSA) is 62.3 Å². The van der Waals surface area contributed by atoms with Crippen LogP contribution in [0.2, 0.25) is 0 Å². The van der Waals surface area contributed by atoms with Gasteiger partial charge in [-0.2, -0.15) is 0 Å². The minimum atomic E-state index is -0.596. The van der Waals surface area contributed by atoms with E-state index in [9.17, 15) is 14.0 Å². The predicted octanol–water partition coefficient (Wildman–Crippen LogP) is 2.31. The fourth-order valence-electron chi connectivity index (χ4n) is 2.77. The van der Waals surface area contributed by atoms with Gasteiger partial charge in [0.05, 0.1) is 5.92 Å². The van der Waals surface area contributed by atoms with E-state index in [0.29, 0.717) is 17.8 Å². The Hall–Kier alpha value is -2.76. The molecule has 1 aromatic heterocycles. The van der Waals surface area contributed by atoms with E-state index in [2.05, 4.69) is 10.3 Å². The number of anilines is 1. The first kappa shape index (κ1) is 15.1. The number of amides is 2. The van der Waals surface area contributed by atoms with Gasteiger partial charge in [0.2, 0.25) is 11.8 Å². The van der Waals surface area contributed by atoms with Crippen molar-refractivity contribution < 1.29 is 14.0 Å². The average molecular weight is 313 g/mol. The summed E-state index contributed by atoms with van der Waals surface area (Å²) in [6.45, 7) is 0.404. The standard InChI is InChI=1S/C17H16FN3O2/c1-21(10-11-3-2-6-19-9-11)17(23)14-8-16(22)20-15-7-12(18)4-5-13(14)15/h2-7,9,14H,8,10H2,1H3,(H,20,22). The normalized spacial score (nSPS) is 16.4. The highest BCUT2D eigenvalue weighted by atomic mass is 19.1. The molecule has 0 fully saturated rings. The number of nitrogens with zero attached hydrogens (tertiary/aromatic N) is 2. The van der Waals surface area contributed by atoms with Gasteiger partial charge in [-0.15, -0.1) is 0 Å². The lowest BCUT2D eigenvalue weighted by Crippen LogP contribution is -2.36. The summed E-state index contributed by atoms with van der Waals surface area (Å²) < 4.78 is 13.3. The molecule has 1 aliphatic rings. The van der Waals surface area contributed by atoms with E-state index in [1.54, 1.807) is 36.5 Å². The molecule has 3 rings (SSSR count). The molecule has 1 atom stereocenters. The molecule has 5 nitrogen and oxygen atoms in total. The molecule has 6 heteroatoms. The van der Waals surface area contributed by atoms with Gasteiger partial charge in [0.15, 0.2) is 0 Å². The molecule has 0 aliphatic carbocycles. The van der Waals surface area contributed by atoms with Crippen LogP contribution in [-0.2, 0) is 16.1 Å². The van der Waals surface area contributed by atoms with E-state index in [4.69, 9.17) is 0 Å². The van der Waals surface area contributed by atoms with Gasteiger partial charge >= 0.3 is 0 Å². The van der Waals surface area contributed by atoms with E-state index in [0.717, 1.165) is 5.56 Å². The first-order valence-electron chi connectivity index (χ1n) is 7.28. The minimum absolute atomic E-state index is 0.0643. The van der Waals surface area contributed by atoms with E-state index >= 15 is 0 Å². The summed E-state index contributed by atoms with van der Waals surface area (Å²) in [5.41, 5.74) is 1.92. The van der Waals surface area contributed by atoms with Crippen molar-refractivity contribution in [2.45, 2.75) is 18.9 Å². The van der Waals surface area contributed by atoms with Crippen molar-refractivity contribution in [3.8, 4) is 0 Å². The number of carbonyl (C=O) groups excluding carboxylic acids is 2. The third kappa shape index (κ3) is 3.21. The van der Waals surface area contributed by atoms with Gasteiger partial charge in [-0.25, -0.2) is 4.39 Å². The van der Waals surface area contributed by atoms with Crippen LogP contribution in [0.5, 0.6) is 0 Å². The summed E-state index contributed by atoms with van der Waals surface area (Å²) in [4.78, 5) is 30.1. The zero-order valence-corrected chi connectivity index (χ0v) is 12.6. The molecule has 2 heterocycles. The van der Waals surface area contributed by atoms with Gasteiger partial charge in [-0.05, 0) is 29.3 Å². The lowest BCUT2D eigenvalue weighted by atomic mass is 9.89.